The first-order chi connectivity index (χ1) is 16.9. The molecule has 0 saturated heterocycles. The van der Waals surface area contributed by atoms with Crippen molar-refractivity contribution in [2.24, 2.45) is 0 Å². The van der Waals surface area contributed by atoms with Crippen molar-refractivity contribution in [3.8, 4) is 11.5 Å². The summed E-state index contributed by atoms with van der Waals surface area (Å²) in [4.78, 5) is -1.96. The number of benzene rings is 3. The van der Waals surface area contributed by atoms with Gasteiger partial charge in [-0.05, 0) is 41.8 Å². The molecule has 13 heteroatoms. The molecular formula is C23H16Cl2F5NO4S. The van der Waals surface area contributed by atoms with Gasteiger partial charge in [-0.3, -0.25) is 0 Å². The molecule has 1 aliphatic rings. The van der Waals surface area contributed by atoms with Crippen LogP contribution in [0.25, 0.3) is 0 Å². The lowest BCUT2D eigenvalue weighted by atomic mass is 9.88. The highest BCUT2D eigenvalue weighted by Crippen LogP contribution is 2.46. The van der Waals surface area contributed by atoms with Gasteiger partial charge in [0.1, 0.15) is 11.5 Å². The first-order valence-electron chi connectivity index (χ1n) is 10.2. The summed E-state index contributed by atoms with van der Waals surface area (Å²) in [5.74, 6) is -11.6. The van der Waals surface area contributed by atoms with Crippen LogP contribution >= 0.6 is 23.2 Å². The van der Waals surface area contributed by atoms with E-state index >= 15 is 0 Å². The summed E-state index contributed by atoms with van der Waals surface area (Å²) in [6, 6.07) is 5.86. The van der Waals surface area contributed by atoms with Gasteiger partial charge in [-0.2, -0.15) is 4.31 Å². The highest BCUT2D eigenvalue weighted by atomic mass is 35.5. The fourth-order valence-electron chi connectivity index (χ4n) is 4.22. The zero-order valence-corrected chi connectivity index (χ0v) is 20.8. The van der Waals surface area contributed by atoms with Crippen molar-refractivity contribution in [1.82, 2.24) is 4.31 Å². The number of hydrogen-bond donors (Lipinski definition) is 0. The van der Waals surface area contributed by atoms with Crippen molar-refractivity contribution in [3.63, 3.8) is 0 Å². The molecule has 0 aromatic heterocycles. The van der Waals surface area contributed by atoms with Crippen LogP contribution in [0.2, 0.25) is 10.0 Å². The third kappa shape index (κ3) is 4.27. The Morgan fingerprint density at radius 1 is 0.833 bits per heavy atom. The lowest BCUT2D eigenvalue weighted by molar-refractivity contribution is 0.314. The summed E-state index contributed by atoms with van der Waals surface area (Å²) >= 11 is 12.3. The van der Waals surface area contributed by atoms with E-state index in [1.165, 1.54) is 38.5 Å². The Hall–Kier alpha value is -2.60. The summed E-state index contributed by atoms with van der Waals surface area (Å²) < 4.78 is 109. The fraction of sp³-hybridized carbons (Fsp3) is 0.217. The molecule has 0 radical (unpaired) electrons. The average Bonchev–Trinajstić information content (AvgIpc) is 2.84. The van der Waals surface area contributed by atoms with Gasteiger partial charge in [0.25, 0.3) is 0 Å². The Bertz CT molecular complexity index is 1420. The Kier molecular flexibility index (Phi) is 7.13. The van der Waals surface area contributed by atoms with E-state index in [1.807, 2.05) is 0 Å². The largest absolute Gasteiger partial charge is 0.497 e. The van der Waals surface area contributed by atoms with Crippen LogP contribution in [0.5, 0.6) is 11.5 Å². The zero-order valence-electron chi connectivity index (χ0n) is 18.5. The summed E-state index contributed by atoms with van der Waals surface area (Å²) in [6.45, 7) is -0.389. The Morgan fingerprint density at radius 3 is 1.92 bits per heavy atom. The molecule has 3 aromatic rings. The minimum absolute atomic E-state index is 0.00230. The number of hydrogen-bond acceptors (Lipinski definition) is 4. The molecule has 0 fully saturated rings. The molecule has 3 aromatic carbocycles. The van der Waals surface area contributed by atoms with Crippen LogP contribution in [-0.4, -0.2) is 33.5 Å². The van der Waals surface area contributed by atoms with Gasteiger partial charge in [-0.1, -0.05) is 23.2 Å². The predicted molar refractivity (Wildman–Crippen MR) is 122 cm³/mol. The van der Waals surface area contributed by atoms with Gasteiger partial charge in [-0.25, -0.2) is 30.4 Å². The highest BCUT2D eigenvalue weighted by Gasteiger charge is 2.44. The molecule has 1 aliphatic heterocycles. The van der Waals surface area contributed by atoms with Gasteiger partial charge in [-0.15, -0.1) is 0 Å². The van der Waals surface area contributed by atoms with E-state index in [9.17, 15) is 30.4 Å². The van der Waals surface area contributed by atoms with Crippen LogP contribution in [0.1, 0.15) is 22.7 Å². The molecule has 36 heavy (non-hydrogen) atoms. The fourth-order valence-corrected chi connectivity index (χ4v) is 6.46. The Balaban J connectivity index is 2.04. The van der Waals surface area contributed by atoms with Crippen LogP contribution in [0.15, 0.2) is 35.2 Å². The normalized spacial score (nSPS) is 16.1. The van der Waals surface area contributed by atoms with Gasteiger partial charge in [0, 0.05) is 28.2 Å². The van der Waals surface area contributed by atoms with Gasteiger partial charge in [0.05, 0.1) is 20.3 Å². The minimum atomic E-state index is -5.33. The van der Waals surface area contributed by atoms with Crippen LogP contribution in [0, 0.1) is 29.1 Å². The first-order valence-corrected chi connectivity index (χ1v) is 12.4. The second kappa shape index (κ2) is 9.70. The molecular weight excluding hydrogens is 552 g/mol. The lowest BCUT2D eigenvalue weighted by Gasteiger charge is -2.38. The number of methoxy groups -OCH3 is 2. The van der Waals surface area contributed by atoms with Crippen molar-refractivity contribution in [2.75, 3.05) is 20.8 Å². The smallest absolute Gasteiger partial charge is 0.250 e. The number of rotatable bonds is 5. The molecule has 4 rings (SSSR count). The molecule has 0 aliphatic carbocycles. The van der Waals surface area contributed by atoms with E-state index in [1.54, 1.807) is 6.07 Å². The first kappa shape index (κ1) is 26.5. The van der Waals surface area contributed by atoms with E-state index < -0.39 is 50.0 Å². The highest BCUT2D eigenvalue weighted by molar-refractivity contribution is 7.89. The van der Waals surface area contributed by atoms with Crippen LogP contribution in [0.4, 0.5) is 22.0 Å². The van der Waals surface area contributed by atoms with Crippen LogP contribution in [-0.2, 0) is 16.4 Å². The van der Waals surface area contributed by atoms with Gasteiger partial charge < -0.3 is 9.47 Å². The number of nitrogens with zero attached hydrogens (tertiary/aromatic N) is 1. The molecule has 0 spiro atoms. The summed E-state index contributed by atoms with van der Waals surface area (Å²) in [5, 5.41) is 0.233. The number of fused-ring (bicyclic) bond motifs is 1. The second-order valence-corrected chi connectivity index (χ2v) is 10.5. The molecule has 0 N–H and O–H groups in total. The SMILES string of the molecule is COc1cc2c(c(OC)c1)C(c1cc(Cl)cc(Cl)c1)N(S(=O)(=O)c1c(F)c(F)c(F)c(F)c1F)CC2. The topological polar surface area (TPSA) is 55.8 Å². The van der Waals surface area contributed by atoms with E-state index in [0.29, 0.717) is 15.6 Å². The molecule has 5 nitrogen and oxygen atoms in total. The standard InChI is InChI=1S/C23H16Cl2F5NO4S/c1-34-14-7-10-3-4-31(36(32,33)23-20(29)18(27)17(26)19(28)21(23)30)22(16(10)15(9-14)35-2)11-5-12(24)8-13(25)6-11/h5-9,22H,3-4H2,1-2H3. The van der Waals surface area contributed by atoms with Crippen molar-refractivity contribution in [2.45, 2.75) is 17.4 Å². The van der Waals surface area contributed by atoms with E-state index in [0.717, 1.165) is 0 Å². The minimum Gasteiger partial charge on any atom is -0.497 e. The Labute approximate surface area is 213 Å². The molecule has 1 unspecified atom stereocenters. The summed E-state index contributed by atoms with van der Waals surface area (Å²) in [7, 11) is -2.60. The second-order valence-electron chi connectivity index (χ2n) is 7.77. The van der Waals surface area contributed by atoms with Crippen molar-refractivity contribution in [3.05, 3.63) is 86.2 Å². The molecule has 1 atom stereocenters. The maximum absolute atomic E-state index is 14.6. The third-order valence-corrected chi connectivity index (χ3v) is 8.08. The van der Waals surface area contributed by atoms with Gasteiger partial charge in [0.2, 0.25) is 15.8 Å². The van der Waals surface area contributed by atoms with Crippen molar-refractivity contribution >= 4 is 33.2 Å². The summed E-state index contributed by atoms with van der Waals surface area (Å²) in [6.07, 6.45) is 0.00230. The number of sulfonamides is 1. The molecule has 1 heterocycles. The third-order valence-electron chi connectivity index (χ3n) is 5.76. The van der Waals surface area contributed by atoms with Crippen LogP contribution < -0.4 is 9.47 Å². The monoisotopic (exact) mass is 567 g/mol. The maximum Gasteiger partial charge on any atom is 0.250 e. The van der Waals surface area contributed by atoms with Gasteiger partial charge in [0.15, 0.2) is 28.2 Å². The van der Waals surface area contributed by atoms with Crippen molar-refractivity contribution in [1.29, 1.82) is 0 Å². The van der Waals surface area contributed by atoms with Crippen LogP contribution in [0.3, 0.4) is 0 Å². The van der Waals surface area contributed by atoms with E-state index in [-0.39, 0.29) is 39.9 Å². The lowest BCUT2D eigenvalue weighted by Crippen LogP contribution is -2.41. The maximum atomic E-state index is 14.6. The number of ether oxygens (including phenoxy) is 2. The van der Waals surface area contributed by atoms with E-state index in [4.69, 9.17) is 32.7 Å². The van der Waals surface area contributed by atoms with E-state index in [2.05, 4.69) is 0 Å². The number of halogens is 7. The Morgan fingerprint density at radius 2 is 1.39 bits per heavy atom. The van der Waals surface area contributed by atoms with Gasteiger partial charge >= 0.3 is 0 Å². The average molecular weight is 568 g/mol. The molecule has 0 saturated carbocycles. The molecule has 0 bridgehead atoms. The summed E-state index contributed by atoms with van der Waals surface area (Å²) in [5.41, 5.74) is 0.996. The quantitative estimate of drug-likeness (QED) is 0.214. The zero-order chi connectivity index (χ0) is 26.5. The molecule has 192 valence electrons. The predicted octanol–water partition coefficient (Wildman–Crippen LogP) is 6.04. The molecule has 0 amide bonds. The van der Waals surface area contributed by atoms with Crippen molar-refractivity contribution < 1.29 is 39.8 Å².